The lowest BCUT2D eigenvalue weighted by Gasteiger charge is -2.44. The maximum atomic E-state index is 11.8. The molecule has 196 valence electrons. The van der Waals surface area contributed by atoms with Crippen molar-refractivity contribution in [2.45, 2.75) is 117 Å². The number of rotatable bonds is 15. The Bertz CT molecular complexity index is 650. The Labute approximate surface area is 201 Å². The van der Waals surface area contributed by atoms with Crippen LogP contribution in [0.2, 0.25) is 0 Å². The molecule has 0 spiro atoms. The lowest BCUT2D eigenvalue weighted by atomic mass is 9.98. The van der Waals surface area contributed by atoms with Crippen LogP contribution >= 0.6 is 0 Å². The SMILES string of the molecule is CCCCCCCCCCOC1O[C@H](COC(C)=O)[C@@H](OC(C)=O)[C@H](OC(C)=O)[C@H]1OC(C)=O. The molecule has 34 heavy (non-hydrogen) atoms. The molecule has 10 heteroatoms. The van der Waals surface area contributed by atoms with Crippen molar-refractivity contribution >= 4 is 23.9 Å². The summed E-state index contributed by atoms with van der Waals surface area (Å²) in [6, 6.07) is 0. The second-order valence-corrected chi connectivity index (χ2v) is 8.41. The predicted octanol–water partition coefficient (Wildman–Crippen LogP) is 3.23. The smallest absolute Gasteiger partial charge is 0.303 e. The van der Waals surface area contributed by atoms with Crippen molar-refractivity contribution in [3.05, 3.63) is 0 Å². The molecule has 0 saturated carbocycles. The summed E-state index contributed by atoms with van der Waals surface area (Å²) in [6.07, 6.45) is 3.27. The van der Waals surface area contributed by atoms with E-state index >= 15 is 0 Å². The van der Waals surface area contributed by atoms with Crippen molar-refractivity contribution in [3.8, 4) is 0 Å². The first-order chi connectivity index (χ1) is 16.1. The maximum absolute atomic E-state index is 11.8. The zero-order chi connectivity index (χ0) is 25.5. The van der Waals surface area contributed by atoms with Crippen LogP contribution in [-0.2, 0) is 47.6 Å². The molecule has 1 fully saturated rings. The first kappa shape index (κ1) is 29.8. The number of carbonyl (C=O) groups excluding carboxylic acids is 4. The Morgan fingerprint density at radius 2 is 1.15 bits per heavy atom. The van der Waals surface area contributed by atoms with Crippen LogP contribution in [0, 0.1) is 0 Å². The van der Waals surface area contributed by atoms with Crippen molar-refractivity contribution in [3.63, 3.8) is 0 Å². The van der Waals surface area contributed by atoms with Gasteiger partial charge in [-0.05, 0) is 6.42 Å². The monoisotopic (exact) mass is 488 g/mol. The quantitative estimate of drug-likeness (QED) is 0.193. The normalized spacial score (nSPS) is 24.2. The van der Waals surface area contributed by atoms with Gasteiger partial charge in [-0.2, -0.15) is 0 Å². The first-order valence-electron chi connectivity index (χ1n) is 12.1. The summed E-state index contributed by atoms with van der Waals surface area (Å²) >= 11 is 0. The van der Waals surface area contributed by atoms with Gasteiger partial charge in [0, 0.05) is 34.3 Å². The van der Waals surface area contributed by atoms with E-state index in [-0.39, 0.29) is 6.61 Å². The van der Waals surface area contributed by atoms with Gasteiger partial charge in [-0.25, -0.2) is 0 Å². The van der Waals surface area contributed by atoms with Crippen LogP contribution in [0.3, 0.4) is 0 Å². The maximum Gasteiger partial charge on any atom is 0.303 e. The molecule has 0 aliphatic carbocycles. The van der Waals surface area contributed by atoms with Crippen LogP contribution in [-0.4, -0.2) is 67.8 Å². The Morgan fingerprint density at radius 3 is 1.68 bits per heavy atom. The van der Waals surface area contributed by atoms with Gasteiger partial charge in [-0.1, -0.05) is 51.9 Å². The van der Waals surface area contributed by atoms with Crippen LogP contribution in [0.15, 0.2) is 0 Å². The lowest BCUT2D eigenvalue weighted by Crippen LogP contribution is -2.63. The van der Waals surface area contributed by atoms with E-state index in [1.807, 2.05) is 0 Å². The highest BCUT2D eigenvalue weighted by Gasteiger charge is 2.52. The largest absolute Gasteiger partial charge is 0.463 e. The van der Waals surface area contributed by atoms with Crippen molar-refractivity contribution in [2.24, 2.45) is 0 Å². The van der Waals surface area contributed by atoms with E-state index in [1.165, 1.54) is 59.8 Å². The predicted molar refractivity (Wildman–Crippen MR) is 121 cm³/mol. The van der Waals surface area contributed by atoms with Crippen molar-refractivity contribution in [1.82, 2.24) is 0 Å². The molecule has 0 N–H and O–H groups in total. The second-order valence-electron chi connectivity index (χ2n) is 8.41. The summed E-state index contributed by atoms with van der Waals surface area (Å²) in [6.45, 7) is 7.03. The fourth-order valence-electron chi connectivity index (χ4n) is 3.76. The molecule has 0 amide bonds. The van der Waals surface area contributed by atoms with E-state index in [1.54, 1.807) is 0 Å². The van der Waals surface area contributed by atoms with Gasteiger partial charge < -0.3 is 28.4 Å². The van der Waals surface area contributed by atoms with Gasteiger partial charge in [0.25, 0.3) is 0 Å². The number of carbonyl (C=O) groups is 4. The fraction of sp³-hybridized carbons (Fsp3) is 0.833. The van der Waals surface area contributed by atoms with Crippen LogP contribution in [0.5, 0.6) is 0 Å². The molecule has 1 rings (SSSR count). The average molecular weight is 489 g/mol. The van der Waals surface area contributed by atoms with E-state index in [9.17, 15) is 19.2 Å². The zero-order valence-electron chi connectivity index (χ0n) is 21.0. The van der Waals surface area contributed by atoms with E-state index in [0.29, 0.717) is 6.61 Å². The summed E-state index contributed by atoms with van der Waals surface area (Å²) in [5, 5.41) is 0. The molecule has 0 aromatic carbocycles. The topological polar surface area (TPSA) is 124 Å². The number of hydrogen-bond donors (Lipinski definition) is 0. The highest BCUT2D eigenvalue weighted by Crippen LogP contribution is 2.30. The van der Waals surface area contributed by atoms with Gasteiger partial charge in [0.2, 0.25) is 0 Å². The molecule has 0 bridgehead atoms. The molecule has 1 heterocycles. The third-order valence-corrected chi connectivity index (χ3v) is 5.23. The summed E-state index contributed by atoms with van der Waals surface area (Å²) in [5.41, 5.74) is 0. The van der Waals surface area contributed by atoms with Gasteiger partial charge in [0.1, 0.15) is 12.7 Å². The molecular weight excluding hydrogens is 448 g/mol. The summed E-state index contributed by atoms with van der Waals surface area (Å²) in [5.74, 6) is -2.55. The summed E-state index contributed by atoms with van der Waals surface area (Å²) in [4.78, 5) is 46.7. The summed E-state index contributed by atoms with van der Waals surface area (Å²) < 4.78 is 32.9. The Kier molecular flexibility index (Phi) is 14.4. The minimum atomic E-state index is -1.21. The van der Waals surface area contributed by atoms with Crippen molar-refractivity contribution in [2.75, 3.05) is 13.2 Å². The van der Waals surface area contributed by atoms with Gasteiger partial charge >= 0.3 is 23.9 Å². The van der Waals surface area contributed by atoms with E-state index in [0.717, 1.165) is 19.3 Å². The molecule has 1 aliphatic heterocycles. The Balaban J connectivity index is 2.89. The van der Waals surface area contributed by atoms with Gasteiger partial charge in [0.05, 0.1) is 0 Å². The lowest BCUT2D eigenvalue weighted by molar-refractivity contribution is -0.308. The molecule has 1 unspecified atom stereocenters. The van der Waals surface area contributed by atoms with E-state index in [4.69, 9.17) is 28.4 Å². The van der Waals surface area contributed by atoms with Crippen LogP contribution in [0.25, 0.3) is 0 Å². The third-order valence-electron chi connectivity index (χ3n) is 5.23. The second kappa shape index (κ2) is 16.4. The third kappa shape index (κ3) is 11.8. The first-order valence-corrected chi connectivity index (χ1v) is 12.1. The van der Waals surface area contributed by atoms with Crippen molar-refractivity contribution < 1.29 is 47.6 Å². The molecule has 0 radical (unpaired) electrons. The Morgan fingerprint density at radius 1 is 0.647 bits per heavy atom. The minimum Gasteiger partial charge on any atom is -0.463 e. The van der Waals surface area contributed by atoms with Gasteiger partial charge in [-0.3, -0.25) is 19.2 Å². The zero-order valence-corrected chi connectivity index (χ0v) is 21.0. The molecule has 10 nitrogen and oxygen atoms in total. The minimum absolute atomic E-state index is 0.268. The van der Waals surface area contributed by atoms with Crippen LogP contribution < -0.4 is 0 Å². The highest BCUT2D eigenvalue weighted by atomic mass is 16.7. The number of ether oxygens (including phenoxy) is 6. The van der Waals surface area contributed by atoms with E-state index < -0.39 is 54.6 Å². The number of unbranched alkanes of at least 4 members (excludes halogenated alkanes) is 7. The molecular formula is C24H40O10. The van der Waals surface area contributed by atoms with Crippen molar-refractivity contribution in [1.29, 1.82) is 0 Å². The molecule has 0 aromatic rings. The standard InChI is InChI=1S/C24H40O10/c1-6-7-8-9-10-11-12-13-14-29-24-23(33-19(5)28)22(32-18(4)27)21(31-17(3)26)20(34-24)15-30-16(2)25/h20-24H,6-15H2,1-5H3/t20-,21-,22+,23-,24?/m1/s1. The van der Waals surface area contributed by atoms with Crippen LogP contribution in [0.4, 0.5) is 0 Å². The fourth-order valence-corrected chi connectivity index (χ4v) is 3.76. The highest BCUT2D eigenvalue weighted by molar-refractivity contribution is 5.68. The van der Waals surface area contributed by atoms with Gasteiger partial charge in [-0.15, -0.1) is 0 Å². The molecule has 5 atom stereocenters. The molecule has 1 saturated heterocycles. The van der Waals surface area contributed by atoms with Gasteiger partial charge in [0.15, 0.2) is 24.6 Å². The average Bonchev–Trinajstić information content (AvgIpc) is 2.74. The molecule has 0 aromatic heterocycles. The summed E-state index contributed by atoms with van der Waals surface area (Å²) in [7, 11) is 0. The number of esters is 4. The Hall–Kier alpha value is -2.20. The van der Waals surface area contributed by atoms with Crippen LogP contribution in [0.1, 0.15) is 86.0 Å². The van der Waals surface area contributed by atoms with E-state index in [2.05, 4.69) is 6.92 Å². The number of hydrogen-bond acceptors (Lipinski definition) is 10. The molecule has 1 aliphatic rings.